The van der Waals surface area contributed by atoms with Gasteiger partial charge in [0.1, 0.15) is 6.61 Å². The molecule has 1 atom stereocenters. The Bertz CT molecular complexity index is 1150. The van der Waals surface area contributed by atoms with E-state index < -0.39 is 18.0 Å². The number of hydrogen-bond donors (Lipinski definition) is 3. The van der Waals surface area contributed by atoms with Gasteiger partial charge in [-0.3, -0.25) is 4.90 Å². The maximum atomic E-state index is 13.0. The molecule has 0 aliphatic carbocycles. The first-order valence-corrected chi connectivity index (χ1v) is 12.1. The van der Waals surface area contributed by atoms with Crippen molar-refractivity contribution < 1.29 is 23.9 Å². The molecule has 36 heavy (non-hydrogen) atoms. The summed E-state index contributed by atoms with van der Waals surface area (Å²) in [6.07, 6.45) is 0.726. The number of amides is 4. The van der Waals surface area contributed by atoms with E-state index in [9.17, 15) is 14.4 Å². The second-order valence-electron chi connectivity index (χ2n) is 7.96. The zero-order valence-electron chi connectivity index (χ0n) is 20.2. The van der Waals surface area contributed by atoms with Crippen molar-refractivity contribution in [1.82, 2.24) is 10.2 Å². The van der Waals surface area contributed by atoms with Crippen LogP contribution in [0, 0.1) is 0 Å². The number of carbonyl (C=O) groups is 3. The molecule has 3 N–H and O–H groups in total. The quantitative estimate of drug-likeness (QED) is 0.287. The van der Waals surface area contributed by atoms with Gasteiger partial charge in [0.15, 0.2) is 0 Å². The van der Waals surface area contributed by atoms with Crippen LogP contribution in [0.15, 0.2) is 53.7 Å². The summed E-state index contributed by atoms with van der Waals surface area (Å²) >= 11 is 12.1. The zero-order chi connectivity index (χ0) is 26.2. The van der Waals surface area contributed by atoms with Crippen LogP contribution in [0.5, 0.6) is 0 Å². The highest BCUT2D eigenvalue weighted by Gasteiger charge is 2.36. The minimum Gasteiger partial charge on any atom is -0.460 e. The summed E-state index contributed by atoms with van der Waals surface area (Å²) in [5.74, 6) is -0.532. The van der Waals surface area contributed by atoms with Crippen LogP contribution in [0.1, 0.15) is 31.9 Å². The molecule has 1 aliphatic heterocycles. The molecule has 0 bridgehead atoms. The van der Waals surface area contributed by atoms with Crippen LogP contribution >= 0.6 is 23.2 Å². The Balaban J connectivity index is 1.79. The lowest BCUT2D eigenvalue weighted by molar-refractivity contribution is -0.140. The van der Waals surface area contributed by atoms with E-state index in [2.05, 4.69) is 16.0 Å². The Morgan fingerprint density at radius 1 is 1.08 bits per heavy atom. The number of rotatable bonds is 9. The molecule has 0 spiro atoms. The van der Waals surface area contributed by atoms with Gasteiger partial charge >= 0.3 is 18.0 Å². The van der Waals surface area contributed by atoms with E-state index in [0.717, 1.165) is 6.42 Å². The number of urea groups is 2. The van der Waals surface area contributed by atoms with Gasteiger partial charge in [-0.25, -0.2) is 14.4 Å². The molecule has 11 heteroatoms. The first-order chi connectivity index (χ1) is 17.3. The number of ether oxygens (including phenoxy) is 2. The number of hydrogen-bond acceptors (Lipinski definition) is 5. The molecule has 1 heterocycles. The standard InChI is InChI=1S/C25H28Cl2N4O5/c1-4-12-31-15(2)20(23(32)36-14-13-35-3)22(30-25(31)34)16-8-10-17(11-9-16)28-24(33)29-19-7-5-6-18(26)21(19)27/h5-11,22H,4,12-14H2,1-3H3,(H,30,34)(H2,28,29,33). The predicted octanol–water partition coefficient (Wildman–Crippen LogP) is 5.58. The number of nitrogens with one attached hydrogen (secondary N) is 3. The third kappa shape index (κ3) is 6.48. The average molecular weight is 535 g/mol. The fraction of sp³-hybridized carbons (Fsp3) is 0.320. The smallest absolute Gasteiger partial charge is 0.338 e. The van der Waals surface area contributed by atoms with E-state index in [-0.39, 0.29) is 24.3 Å². The summed E-state index contributed by atoms with van der Waals surface area (Å²) in [7, 11) is 1.52. The Labute approximate surface area is 219 Å². The third-order valence-corrected chi connectivity index (χ3v) is 6.30. The van der Waals surface area contributed by atoms with Gasteiger partial charge in [0.2, 0.25) is 0 Å². The lowest BCUT2D eigenvalue weighted by atomic mass is 9.94. The van der Waals surface area contributed by atoms with Gasteiger partial charge in [-0.05, 0) is 43.2 Å². The monoisotopic (exact) mass is 534 g/mol. The molecule has 0 saturated carbocycles. The van der Waals surface area contributed by atoms with E-state index in [1.165, 1.54) is 12.0 Å². The van der Waals surface area contributed by atoms with Crippen molar-refractivity contribution in [3.63, 3.8) is 0 Å². The Hall–Kier alpha value is -3.27. The predicted molar refractivity (Wildman–Crippen MR) is 139 cm³/mol. The van der Waals surface area contributed by atoms with E-state index >= 15 is 0 Å². The average Bonchev–Trinajstić information content (AvgIpc) is 2.85. The molecule has 1 unspecified atom stereocenters. The molecule has 1 aliphatic rings. The zero-order valence-corrected chi connectivity index (χ0v) is 21.7. The Kier molecular flexibility index (Phi) is 9.58. The van der Waals surface area contributed by atoms with Gasteiger partial charge in [-0.1, -0.05) is 48.3 Å². The number of halogens is 2. The van der Waals surface area contributed by atoms with Gasteiger partial charge in [0.25, 0.3) is 0 Å². The molecule has 0 saturated heterocycles. The van der Waals surface area contributed by atoms with Gasteiger partial charge in [0.05, 0.1) is 34.0 Å². The summed E-state index contributed by atoms with van der Waals surface area (Å²) in [5.41, 5.74) is 2.40. The SMILES string of the molecule is CCCN1C(=O)NC(c2ccc(NC(=O)Nc3cccc(Cl)c3Cl)cc2)C(C(=O)OCCOC)=C1C. The number of esters is 1. The number of carbonyl (C=O) groups excluding carboxylic acids is 3. The highest BCUT2D eigenvalue weighted by Crippen LogP contribution is 2.32. The van der Waals surface area contributed by atoms with Gasteiger partial charge in [-0.15, -0.1) is 0 Å². The van der Waals surface area contributed by atoms with Crippen molar-refractivity contribution in [3.8, 4) is 0 Å². The summed E-state index contributed by atoms with van der Waals surface area (Å²) in [5, 5.41) is 8.81. The summed E-state index contributed by atoms with van der Waals surface area (Å²) in [6, 6.07) is 10.2. The Morgan fingerprint density at radius 3 is 2.47 bits per heavy atom. The van der Waals surface area contributed by atoms with Crippen LogP contribution in [-0.4, -0.2) is 49.8 Å². The van der Waals surface area contributed by atoms with Crippen molar-refractivity contribution in [3.05, 3.63) is 69.3 Å². The van der Waals surface area contributed by atoms with Crippen LogP contribution in [-0.2, 0) is 14.3 Å². The molecular formula is C25H28Cl2N4O5. The van der Waals surface area contributed by atoms with E-state index in [0.29, 0.717) is 39.8 Å². The molecule has 9 nitrogen and oxygen atoms in total. The largest absolute Gasteiger partial charge is 0.460 e. The van der Waals surface area contributed by atoms with Crippen molar-refractivity contribution >= 4 is 52.6 Å². The number of nitrogens with zero attached hydrogens (tertiary/aromatic N) is 1. The Morgan fingerprint density at radius 2 is 1.81 bits per heavy atom. The van der Waals surface area contributed by atoms with Gasteiger partial charge in [0, 0.05) is 25.0 Å². The number of benzene rings is 2. The molecule has 0 aromatic heterocycles. The fourth-order valence-electron chi connectivity index (χ4n) is 3.73. The van der Waals surface area contributed by atoms with Gasteiger partial charge < -0.3 is 25.4 Å². The lowest BCUT2D eigenvalue weighted by Gasteiger charge is -2.35. The van der Waals surface area contributed by atoms with Crippen LogP contribution in [0.2, 0.25) is 10.0 Å². The minimum absolute atomic E-state index is 0.0924. The van der Waals surface area contributed by atoms with Crippen molar-refractivity contribution in [2.75, 3.05) is 37.5 Å². The highest BCUT2D eigenvalue weighted by molar-refractivity contribution is 6.44. The molecule has 192 valence electrons. The summed E-state index contributed by atoms with van der Waals surface area (Å²) in [4.78, 5) is 39.7. The summed E-state index contributed by atoms with van der Waals surface area (Å²) in [6.45, 7) is 4.50. The van der Waals surface area contributed by atoms with E-state index in [1.807, 2.05) is 6.92 Å². The van der Waals surface area contributed by atoms with Crippen LogP contribution < -0.4 is 16.0 Å². The highest BCUT2D eigenvalue weighted by atomic mass is 35.5. The van der Waals surface area contributed by atoms with Crippen LogP contribution in [0.25, 0.3) is 0 Å². The number of methoxy groups -OCH3 is 1. The van der Waals surface area contributed by atoms with Crippen molar-refractivity contribution in [2.24, 2.45) is 0 Å². The number of allylic oxidation sites excluding steroid dienone is 1. The second kappa shape index (κ2) is 12.6. The van der Waals surface area contributed by atoms with Crippen LogP contribution in [0.4, 0.5) is 21.0 Å². The molecular weight excluding hydrogens is 507 g/mol. The van der Waals surface area contributed by atoms with Crippen molar-refractivity contribution in [2.45, 2.75) is 26.3 Å². The third-order valence-electron chi connectivity index (χ3n) is 5.49. The minimum atomic E-state index is -0.714. The maximum Gasteiger partial charge on any atom is 0.338 e. The molecule has 3 rings (SSSR count). The lowest BCUT2D eigenvalue weighted by Crippen LogP contribution is -2.48. The molecule has 2 aromatic carbocycles. The summed E-state index contributed by atoms with van der Waals surface area (Å²) < 4.78 is 10.3. The first kappa shape index (κ1) is 27.3. The van der Waals surface area contributed by atoms with Crippen LogP contribution in [0.3, 0.4) is 0 Å². The topological polar surface area (TPSA) is 109 Å². The molecule has 4 amide bonds. The molecule has 2 aromatic rings. The second-order valence-corrected chi connectivity index (χ2v) is 8.75. The molecule has 0 radical (unpaired) electrons. The van der Waals surface area contributed by atoms with Crippen molar-refractivity contribution in [1.29, 1.82) is 0 Å². The fourth-order valence-corrected chi connectivity index (χ4v) is 4.08. The van der Waals surface area contributed by atoms with E-state index in [4.69, 9.17) is 32.7 Å². The maximum absolute atomic E-state index is 13.0. The molecule has 0 fully saturated rings. The van der Waals surface area contributed by atoms with E-state index in [1.54, 1.807) is 49.4 Å². The van der Waals surface area contributed by atoms with Gasteiger partial charge in [-0.2, -0.15) is 0 Å². The first-order valence-electron chi connectivity index (χ1n) is 11.3. The number of anilines is 2. The normalized spacial score (nSPS) is 15.4.